The third-order valence-electron chi connectivity index (χ3n) is 4.94. The molecular weight excluding hydrogens is 445 g/mol. The van der Waals surface area contributed by atoms with Crippen molar-refractivity contribution < 1.29 is 26.3 Å². The Kier molecular flexibility index (Phi) is 5.87. The zero-order valence-corrected chi connectivity index (χ0v) is 17.8. The van der Waals surface area contributed by atoms with Crippen LogP contribution >= 0.6 is 0 Å². The summed E-state index contributed by atoms with van der Waals surface area (Å²) in [6.45, 7) is 1.81. The van der Waals surface area contributed by atoms with Gasteiger partial charge in [0.2, 0.25) is 15.0 Å². The van der Waals surface area contributed by atoms with Crippen molar-refractivity contribution in [2.75, 3.05) is 12.8 Å². The first kappa shape index (κ1) is 22.2. The minimum Gasteiger partial charge on any atom is -0.405 e. The predicted molar refractivity (Wildman–Crippen MR) is 109 cm³/mol. The molecule has 1 aliphatic rings. The molecule has 3 heterocycles. The van der Waals surface area contributed by atoms with E-state index >= 15 is 0 Å². The quantitative estimate of drug-likeness (QED) is 0.535. The van der Waals surface area contributed by atoms with Gasteiger partial charge in [0.05, 0.1) is 11.4 Å². The molecule has 4 rings (SSSR count). The summed E-state index contributed by atoms with van der Waals surface area (Å²) in [4.78, 5) is 14.6. The van der Waals surface area contributed by atoms with Crippen LogP contribution in [0.5, 0.6) is 5.75 Å². The van der Waals surface area contributed by atoms with Crippen LogP contribution < -0.4 is 4.74 Å². The monoisotopic (exact) mass is 464 g/mol. The fourth-order valence-corrected chi connectivity index (χ4v) is 4.02. The number of pyridine rings is 1. The van der Waals surface area contributed by atoms with E-state index in [9.17, 15) is 21.6 Å². The van der Waals surface area contributed by atoms with E-state index in [2.05, 4.69) is 24.6 Å². The van der Waals surface area contributed by atoms with Crippen molar-refractivity contribution in [3.05, 3.63) is 65.6 Å². The molecule has 1 aliphatic heterocycles. The van der Waals surface area contributed by atoms with Crippen LogP contribution in [-0.2, 0) is 29.3 Å². The Morgan fingerprint density at radius 3 is 2.56 bits per heavy atom. The van der Waals surface area contributed by atoms with E-state index in [0.717, 1.165) is 23.1 Å². The van der Waals surface area contributed by atoms with Crippen molar-refractivity contribution in [3.63, 3.8) is 0 Å². The molecule has 0 fully saturated rings. The molecule has 32 heavy (non-hydrogen) atoms. The van der Waals surface area contributed by atoms with Gasteiger partial charge in [0.25, 0.3) is 0 Å². The summed E-state index contributed by atoms with van der Waals surface area (Å²) in [7, 11) is -3.45. The van der Waals surface area contributed by atoms with E-state index in [4.69, 9.17) is 0 Å². The van der Waals surface area contributed by atoms with Gasteiger partial charge in [0.15, 0.2) is 0 Å². The van der Waals surface area contributed by atoms with Gasteiger partial charge in [-0.1, -0.05) is 18.2 Å². The maximum Gasteiger partial charge on any atom is 0.573 e. The summed E-state index contributed by atoms with van der Waals surface area (Å²) in [5.74, 6) is -0.304. The highest BCUT2D eigenvalue weighted by molar-refractivity contribution is 7.90. The molecule has 0 radical (unpaired) electrons. The van der Waals surface area contributed by atoms with Crippen molar-refractivity contribution >= 4 is 9.84 Å². The number of sulfone groups is 1. The summed E-state index contributed by atoms with van der Waals surface area (Å²) in [5, 5.41) is -0.167. The summed E-state index contributed by atoms with van der Waals surface area (Å²) < 4.78 is 65.4. The molecule has 0 amide bonds. The van der Waals surface area contributed by atoms with Crippen LogP contribution in [0.15, 0.2) is 53.9 Å². The van der Waals surface area contributed by atoms with E-state index in [1.54, 1.807) is 24.5 Å². The van der Waals surface area contributed by atoms with Crippen LogP contribution in [0, 0.1) is 0 Å². The van der Waals surface area contributed by atoms with Gasteiger partial charge < -0.3 is 4.74 Å². The van der Waals surface area contributed by atoms with E-state index in [1.165, 1.54) is 18.2 Å². The number of nitrogens with zero attached hydrogens (tertiary/aromatic N) is 4. The molecule has 11 heteroatoms. The summed E-state index contributed by atoms with van der Waals surface area (Å²) in [6.07, 6.45) is 0.0525. The molecule has 0 unspecified atom stereocenters. The van der Waals surface area contributed by atoms with Crippen molar-refractivity contribution in [1.29, 1.82) is 0 Å². The van der Waals surface area contributed by atoms with Gasteiger partial charge in [-0.15, -0.1) is 13.2 Å². The number of hydrogen-bond acceptors (Lipinski definition) is 7. The lowest BCUT2D eigenvalue weighted by Crippen LogP contribution is -2.31. The lowest BCUT2D eigenvalue weighted by molar-refractivity contribution is -0.274. The lowest BCUT2D eigenvalue weighted by Gasteiger charge is -2.27. The van der Waals surface area contributed by atoms with Gasteiger partial charge in [0, 0.05) is 55.8 Å². The zero-order chi connectivity index (χ0) is 22.9. The Morgan fingerprint density at radius 2 is 1.88 bits per heavy atom. The summed E-state index contributed by atoms with van der Waals surface area (Å²) in [5.41, 5.74) is 3.11. The number of benzene rings is 1. The molecule has 0 bridgehead atoms. The first-order valence-electron chi connectivity index (χ1n) is 9.66. The Balaban J connectivity index is 1.47. The summed E-state index contributed by atoms with van der Waals surface area (Å²) in [6, 6.07) is 9.33. The first-order valence-corrected chi connectivity index (χ1v) is 11.5. The van der Waals surface area contributed by atoms with E-state index in [0.29, 0.717) is 31.7 Å². The lowest BCUT2D eigenvalue weighted by atomic mass is 10.1. The van der Waals surface area contributed by atoms with Crippen molar-refractivity contribution in [1.82, 2.24) is 19.9 Å². The third-order valence-corrected chi connectivity index (χ3v) is 5.80. The Morgan fingerprint density at radius 1 is 1.09 bits per heavy atom. The summed E-state index contributed by atoms with van der Waals surface area (Å²) >= 11 is 0. The van der Waals surface area contributed by atoms with Crippen LogP contribution in [0.3, 0.4) is 0 Å². The average Bonchev–Trinajstić information content (AvgIpc) is 2.73. The fraction of sp³-hybridized carbons (Fsp3) is 0.286. The smallest absolute Gasteiger partial charge is 0.405 e. The van der Waals surface area contributed by atoms with Crippen LogP contribution in [0.2, 0.25) is 0 Å². The molecule has 2 aromatic heterocycles. The molecule has 1 aromatic carbocycles. The molecule has 0 saturated carbocycles. The molecule has 0 aliphatic carbocycles. The minimum atomic E-state index is -4.79. The van der Waals surface area contributed by atoms with Gasteiger partial charge >= 0.3 is 6.36 Å². The molecule has 0 saturated heterocycles. The standard InChI is InChI=1S/C21H19F3N4O3S/c1-32(29,30)20-26-11-15-13-28(9-8-17(15)27-20)12-14-6-7-18(25-10-14)16-4-2-3-5-19(16)31-21(22,23)24/h2-7,10-11H,8-9,12-13H2,1H3. The number of fused-ring (bicyclic) bond motifs is 1. The maximum atomic E-state index is 12.7. The van der Waals surface area contributed by atoms with Gasteiger partial charge in [-0.2, -0.15) is 0 Å². The van der Waals surface area contributed by atoms with Gasteiger partial charge in [-0.3, -0.25) is 9.88 Å². The predicted octanol–water partition coefficient (Wildman–Crippen LogP) is 3.40. The van der Waals surface area contributed by atoms with E-state index < -0.39 is 16.2 Å². The molecule has 0 atom stereocenters. The zero-order valence-electron chi connectivity index (χ0n) is 17.0. The van der Waals surface area contributed by atoms with Gasteiger partial charge in [-0.25, -0.2) is 18.4 Å². The van der Waals surface area contributed by atoms with Gasteiger partial charge in [0.1, 0.15) is 5.75 Å². The highest BCUT2D eigenvalue weighted by atomic mass is 32.2. The Labute approximate surface area is 182 Å². The van der Waals surface area contributed by atoms with Crippen LogP contribution in [0.25, 0.3) is 11.3 Å². The van der Waals surface area contributed by atoms with Crippen molar-refractivity contribution in [3.8, 4) is 17.0 Å². The molecule has 7 nitrogen and oxygen atoms in total. The normalized spacial score (nSPS) is 14.8. The third kappa shape index (κ3) is 5.22. The fourth-order valence-electron chi connectivity index (χ4n) is 3.50. The molecule has 3 aromatic rings. The number of halogens is 3. The van der Waals surface area contributed by atoms with E-state index in [-0.39, 0.29) is 16.5 Å². The number of rotatable bonds is 5. The number of hydrogen-bond donors (Lipinski definition) is 0. The Hall–Kier alpha value is -3.05. The molecular formula is C21H19F3N4O3S. The van der Waals surface area contributed by atoms with E-state index in [1.807, 2.05) is 6.07 Å². The highest BCUT2D eigenvalue weighted by Gasteiger charge is 2.32. The number of para-hydroxylation sites is 1. The second-order valence-electron chi connectivity index (χ2n) is 7.45. The van der Waals surface area contributed by atoms with Crippen molar-refractivity contribution in [2.24, 2.45) is 0 Å². The number of ether oxygens (including phenoxy) is 1. The second kappa shape index (κ2) is 8.47. The highest BCUT2D eigenvalue weighted by Crippen LogP contribution is 2.32. The van der Waals surface area contributed by atoms with Crippen LogP contribution in [-0.4, -0.2) is 47.4 Å². The maximum absolute atomic E-state index is 12.7. The van der Waals surface area contributed by atoms with Crippen LogP contribution in [0.1, 0.15) is 16.8 Å². The largest absolute Gasteiger partial charge is 0.573 e. The topological polar surface area (TPSA) is 85.3 Å². The average molecular weight is 464 g/mol. The van der Waals surface area contributed by atoms with Gasteiger partial charge in [-0.05, 0) is 23.8 Å². The molecule has 0 spiro atoms. The SMILES string of the molecule is CS(=O)(=O)c1ncc2c(n1)CCN(Cc1ccc(-c3ccccc3OC(F)(F)F)nc1)C2. The van der Waals surface area contributed by atoms with Crippen molar-refractivity contribution in [2.45, 2.75) is 31.0 Å². The second-order valence-corrected chi connectivity index (χ2v) is 9.36. The Bertz CT molecular complexity index is 1230. The minimum absolute atomic E-state index is 0.167. The molecule has 168 valence electrons. The first-order chi connectivity index (χ1) is 15.1. The number of alkyl halides is 3. The number of aromatic nitrogens is 3. The van der Waals surface area contributed by atoms with Crippen LogP contribution in [0.4, 0.5) is 13.2 Å². The molecule has 0 N–H and O–H groups in total.